The number of carbonyl (C=O) groups excluding carboxylic acids is 7. The van der Waals surface area contributed by atoms with Crippen LogP contribution in [-0.4, -0.2) is 159 Å². The summed E-state index contributed by atoms with van der Waals surface area (Å²) in [6.07, 6.45) is -1.39. The van der Waals surface area contributed by atoms with Gasteiger partial charge in [0.2, 0.25) is 41.4 Å². The van der Waals surface area contributed by atoms with E-state index in [1.54, 1.807) is 41.5 Å². The smallest absolute Gasteiger partial charge is 0.326 e. The molecular weight excluding hydrogens is 859 g/mol. The van der Waals surface area contributed by atoms with E-state index >= 15 is 0 Å². The van der Waals surface area contributed by atoms with Gasteiger partial charge >= 0.3 is 17.9 Å². The van der Waals surface area contributed by atoms with Crippen LogP contribution in [0.25, 0.3) is 0 Å². The molecule has 1 heterocycles. The molecule has 1 rings (SSSR count). The standard InChI is InChI=1S/C40H69N11O14/c1-19(2)15-24(47-35(60)25(17-30(55)56)48-33(58)23(11-12-29(53)54)46-37(62)31(41)21(5)6)34(59)50-27(18-52)36(61)45-22(9-7-13-44-40(42)43)32(57)49-26(16-20(3)4)38(63)51-14-8-10-28(51)39(64)65/h19-28,31,52H,7-18,41H2,1-6H3,(H,45,61)(H,46,62)(H,47,60)(H,48,58)(H,49,57)(H,50,59)(H,53,54)(H,55,56)(H,64,65)(H4,42,43,44)/t22-,23-,24-,25-,26-,27-,28-,31-/m0/s1. The molecule has 25 nitrogen and oxygen atoms in total. The highest BCUT2D eigenvalue weighted by molar-refractivity contribution is 5.98. The molecule has 0 aromatic rings. The highest BCUT2D eigenvalue weighted by Gasteiger charge is 2.39. The van der Waals surface area contributed by atoms with Gasteiger partial charge in [-0.05, 0) is 62.7 Å². The third-order valence-electron chi connectivity index (χ3n) is 10.2. The number of aliphatic hydroxyl groups is 1. The van der Waals surface area contributed by atoms with Crippen LogP contribution in [-0.2, 0) is 47.9 Å². The normalized spacial score (nSPS) is 16.8. The fourth-order valence-electron chi connectivity index (χ4n) is 6.70. The van der Waals surface area contributed by atoms with Crippen molar-refractivity contribution in [3.8, 4) is 0 Å². The van der Waals surface area contributed by atoms with Gasteiger partial charge in [0.1, 0.15) is 42.3 Å². The van der Waals surface area contributed by atoms with Gasteiger partial charge in [0, 0.05) is 19.5 Å². The summed E-state index contributed by atoms with van der Waals surface area (Å²) in [6.45, 7) is 9.34. The maximum absolute atomic E-state index is 13.8. The highest BCUT2D eigenvalue weighted by atomic mass is 16.4. The number of nitrogens with one attached hydrogen (secondary N) is 6. The van der Waals surface area contributed by atoms with Crippen molar-refractivity contribution in [2.75, 3.05) is 19.7 Å². The number of hydrogen-bond acceptors (Lipinski definition) is 13. The van der Waals surface area contributed by atoms with E-state index in [2.05, 4.69) is 36.9 Å². The van der Waals surface area contributed by atoms with Gasteiger partial charge in [0.25, 0.3) is 0 Å². The van der Waals surface area contributed by atoms with E-state index in [9.17, 15) is 68.4 Å². The third-order valence-corrected chi connectivity index (χ3v) is 10.2. The summed E-state index contributed by atoms with van der Waals surface area (Å²) in [6, 6.07) is -11.4. The molecule has 0 spiro atoms. The monoisotopic (exact) mass is 928 g/mol. The molecule has 1 fully saturated rings. The van der Waals surface area contributed by atoms with Crippen LogP contribution < -0.4 is 49.1 Å². The second kappa shape index (κ2) is 27.9. The van der Waals surface area contributed by atoms with Crippen molar-refractivity contribution in [3.05, 3.63) is 0 Å². The van der Waals surface area contributed by atoms with Crippen LogP contribution in [0.3, 0.4) is 0 Å². The van der Waals surface area contributed by atoms with Gasteiger partial charge in [-0.1, -0.05) is 41.5 Å². The fraction of sp³-hybridized carbons (Fsp3) is 0.725. The first kappa shape index (κ1) is 56.9. The van der Waals surface area contributed by atoms with Crippen molar-refractivity contribution in [2.45, 2.75) is 148 Å². The first-order chi connectivity index (χ1) is 30.3. The Morgan fingerprint density at radius 1 is 0.631 bits per heavy atom. The molecule has 0 aromatic heterocycles. The number of nitrogens with two attached hydrogens (primary N) is 3. The average molecular weight is 928 g/mol. The molecule has 1 aliphatic heterocycles. The molecule has 0 radical (unpaired) electrons. The van der Waals surface area contributed by atoms with Gasteiger partial charge in [0.05, 0.1) is 19.1 Å². The van der Waals surface area contributed by atoms with E-state index < -0.39 is 133 Å². The van der Waals surface area contributed by atoms with Crippen molar-refractivity contribution < 1.29 is 68.4 Å². The molecule has 0 aromatic carbocycles. The highest BCUT2D eigenvalue weighted by Crippen LogP contribution is 2.21. The topological polar surface area (TPSA) is 417 Å². The summed E-state index contributed by atoms with van der Waals surface area (Å²) in [4.78, 5) is 135. The SMILES string of the molecule is CC(C)C[C@H](NC(=O)[C@H](CC(=O)O)NC(=O)[C@H](CCC(=O)O)NC(=O)[C@@H](N)C(C)C)C(=O)N[C@@H](CO)C(=O)N[C@@H](CCCN=C(N)N)C(=O)N[C@@H](CC(C)C)C(=O)N1CCC[C@H]1C(=O)O. The molecule has 16 N–H and O–H groups in total. The van der Waals surface area contributed by atoms with E-state index in [1.165, 1.54) is 4.90 Å². The van der Waals surface area contributed by atoms with Crippen LogP contribution in [0.4, 0.5) is 0 Å². The number of aliphatic imine (C=N–C) groups is 1. The number of rotatable bonds is 29. The number of carbonyl (C=O) groups is 10. The summed E-state index contributed by atoms with van der Waals surface area (Å²) >= 11 is 0. The van der Waals surface area contributed by atoms with Crippen LogP contribution in [0.2, 0.25) is 0 Å². The van der Waals surface area contributed by atoms with Crippen LogP contribution in [0, 0.1) is 17.8 Å². The first-order valence-corrected chi connectivity index (χ1v) is 21.5. The summed E-state index contributed by atoms with van der Waals surface area (Å²) in [5, 5.41) is 53.1. The van der Waals surface area contributed by atoms with Crippen molar-refractivity contribution in [2.24, 2.45) is 39.9 Å². The van der Waals surface area contributed by atoms with Gasteiger partial charge in [-0.25, -0.2) is 4.79 Å². The molecular formula is C40H69N11O14. The van der Waals surface area contributed by atoms with Crippen molar-refractivity contribution in [1.82, 2.24) is 36.8 Å². The van der Waals surface area contributed by atoms with Crippen molar-refractivity contribution in [1.29, 1.82) is 0 Å². The van der Waals surface area contributed by atoms with Crippen molar-refractivity contribution in [3.63, 3.8) is 0 Å². The summed E-state index contributed by atoms with van der Waals surface area (Å²) < 4.78 is 0. The molecule has 8 atom stereocenters. The van der Waals surface area contributed by atoms with E-state index in [4.69, 9.17) is 17.2 Å². The van der Waals surface area contributed by atoms with Crippen molar-refractivity contribution >= 4 is 65.2 Å². The Labute approximate surface area is 377 Å². The predicted octanol–water partition coefficient (Wildman–Crippen LogP) is -3.57. The van der Waals surface area contributed by atoms with Crippen LogP contribution >= 0.6 is 0 Å². The fourth-order valence-corrected chi connectivity index (χ4v) is 6.70. The molecule has 0 unspecified atom stereocenters. The Morgan fingerprint density at radius 2 is 1.09 bits per heavy atom. The molecule has 0 saturated carbocycles. The zero-order chi connectivity index (χ0) is 49.7. The van der Waals surface area contributed by atoms with Crippen LogP contribution in [0.1, 0.15) is 99.3 Å². The minimum absolute atomic E-state index is 0.0222. The number of amides is 7. The van der Waals surface area contributed by atoms with Gasteiger partial charge in [-0.3, -0.25) is 48.1 Å². The molecule has 1 aliphatic rings. The lowest BCUT2D eigenvalue weighted by Gasteiger charge is -2.30. The maximum atomic E-state index is 13.8. The van der Waals surface area contributed by atoms with E-state index in [-0.39, 0.29) is 68.9 Å². The Bertz CT molecular complexity index is 1720. The van der Waals surface area contributed by atoms with Crippen LogP contribution in [0.15, 0.2) is 4.99 Å². The lowest BCUT2D eigenvalue weighted by Crippen LogP contribution is -2.61. The van der Waals surface area contributed by atoms with E-state index in [0.717, 1.165) is 0 Å². The number of aliphatic hydroxyl groups excluding tert-OH is 1. The number of nitrogens with zero attached hydrogens (tertiary/aromatic N) is 2. The molecule has 1 saturated heterocycles. The number of hydrogen-bond donors (Lipinski definition) is 13. The predicted molar refractivity (Wildman–Crippen MR) is 232 cm³/mol. The molecule has 7 amide bonds. The number of aliphatic carboxylic acids is 3. The average Bonchev–Trinajstić information content (AvgIpc) is 3.71. The zero-order valence-electron chi connectivity index (χ0n) is 37.8. The molecule has 25 heteroatoms. The quantitative estimate of drug-likeness (QED) is 0.0196. The minimum atomic E-state index is -1.87. The molecule has 368 valence electrons. The summed E-state index contributed by atoms with van der Waals surface area (Å²) in [5.74, 6) is -11.8. The third kappa shape index (κ3) is 20.5. The molecule has 65 heavy (non-hydrogen) atoms. The van der Waals surface area contributed by atoms with E-state index in [0.29, 0.717) is 6.42 Å². The van der Waals surface area contributed by atoms with Gasteiger partial charge in [-0.15, -0.1) is 0 Å². The lowest BCUT2D eigenvalue weighted by atomic mass is 10.0. The zero-order valence-corrected chi connectivity index (χ0v) is 37.8. The Hall–Kier alpha value is -6.11. The van der Waals surface area contributed by atoms with Gasteiger partial charge in [-0.2, -0.15) is 0 Å². The van der Waals surface area contributed by atoms with Gasteiger partial charge < -0.3 is 74.4 Å². The Kier molecular flexibility index (Phi) is 24.5. The van der Waals surface area contributed by atoms with E-state index in [1.807, 2.05) is 0 Å². The largest absolute Gasteiger partial charge is 0.481 e. The molecule has 0 bridgehead atoms. The number of guanidine groups is 1. The second-order valence-electron chi connectivity index (χ2n) is 17.1. The van der Waals surface area contributed by atoms with Gasteiger partial charge in [0.15, 0.2) is 5.96 Å². The molecule has 0 aliphatic carbocycles. The summed E-state index contributed by atoms with van der Waals surface area (Å²) in [5.41, 5.74) is 16.7. The number of carboxylic acid groups (broad SMARTS) is 3. The summed E-state index contributed by atoms with van der Waals surface area (Å²) in [7, 11) is 0. The second-order valence-corrected chi connectivity index (χ2v) is 17.1. The number of carboxylic acids is 3. The van der Waals surface area contributed by atoms with Crippen LogP contribution in [0.5, 0.6) is 0 Å². The Balaban J connectivity index is 3.37. The lowest BCUT2D eigenvalue weighted by molar-refractivity contribution is -0.149. The minimum Gasteiger partial charge on any atom is -0.481 e. The number of likely N-dealkylation sites (tertiary alicyclic amines) is 1. The Morgan fingerprint density at radius 3 is 1.60 bits per heavy atom. The maximum Gasteiger partial charge on any atom is 0.326 e. The first-order valence-electron chi connectivity index (χ1n) is 21.5.